The van der Waals surface area contributed by atoms with Gasteiger partial charge in [-0.2, -0.15) is 5.10 Å². The topological polar surface area (TPSA) is 118 Å². The normalized spacial score (nSPS) is 13.2. The summed E-state index contributed by atoms with van der Waals surface area (Å²) in [5.74, 6) is -0.774. The summed E-state index contributed by atoms with van der Waals surface area (Å²) < 4.78 is 10.9. The zero-order chi connectivity index (χ0) is 19.1. The van der Waals surface area contributed by atoms with Crippen LogP contribution < -0.4 is 25.5 Å². The van der Waals surface area contributed by atoms with E-state index >= 15 is 0 Å². The Morgan fingerprint density at radius 2 is 1.81 bits per heavy atom. The lowest BCUT2D eigenvalue weighted by atomic mass is 10.2. The first-order valence-corrected chi connectivity index (χ1v) is 8.18. The van der Waals surface area contributed by atoms with Gasteiger partial charge in [-0.25, -0.2) is 5.43 Å². The summed E-state index contributed by atoms with van der Waals surface area (Å²) in [4.78, 5) is 35.1. The van der Waals surface area contributed by atoms with Crippen molar-refractivity contribution in [1.82, 2.24) is 10.7 Å². The highest BCUT2D eigenvalue weighted by molar-refractivity contribution is 6.35. The number of hydrogen-bond acceptors (Lipinski definition) is 6. The molecule has 0 aliphatic carbocycles. The fraction of sp³-hybridized carbons (Fsp3) is 0.412. The van der Waals surface area contributed by atoms with Crippen LogP contribution in [-0.4, -0.2) is 42.7 Å². The highest BCUT2D eigenvalue weighted by Crippen LogP contribution is 2.32. The molecule has 9 nitrogen and oxygen atoms in total. The molecule has 0 bridgehead atoms. The van der Waals surface area contributed by atoms with Crippen molar-refractivity contribution in [2.24, 2.45) is 5.10 Å². The van der Waals surface area contributed by atoms with Gasteiger partial charge in [0, 0.05) is 23.5 Å². The van der Waals surface area contributed by atoms with Crippen LogP contribution in [0.5, 0.6) is 11.5 Å². The van der Waals surface area contributed by atoms with E-state index in [1.807, 2.05) is 0 Å². The Kier molecular flexibility index (Phi) is 6.54. The third-order valence-electron chi connectivity index (χ3n) is 3.22. The quantitative estimate of drug-likeness (QED) is 0.407. The average Bonchev–Trinajstić information content (AvgIpc) is 2.58. The second-order valence-electron chi connectivity index (χ2n) is 6.00. The van der Waals surface area contributed by atoms with Crippen molar-refractivity contribution in [2.45, 2.75) is 33.2 Å². The Labute approximate surface area is 151 Å². The van der Waals surface area contributed by atoms with Crippen LogP contribution in [0.15, 0.2) is 23.3 Å². The highest BCUT2D eigenvalue weighted by atomic mass is 16.6. The molecule has 0 atom stereocenters. The zero-order valence-electron chi connectivity index (χ0n) is 14.9. The molecule has 1 aromatic carbocycles. The number of carbonyl (C=O) groups excluding carboxylic acids is 3. The smallest absolute Gasteiger partial charge is 0.329 e. The molecule has 0 spiro atoms. The number of nitrogens with zero attached hydrogens (tertiary/aromatic N) is 1. The maximum Gasteiger partial charge on any atom is 0.329 e. The molecule has 0 aromatic heterocycles. The largest absolute Gasteiger partial charge is 0.486 e. The first-order valence-electron chi connectivity index (χ1n) is 8.18. The monoisotopic (exact) mass is 362 g/mol. The molecule has 1 aromatic rings. The van der Waals surface area contributed by atoms with Crippen molar-refractivity contribution in [3.8, 4) is 11.5 Å². The molecular formula is C17H22N4O5. The van der Waals surface area contributed by atoms with Gasteiger partial charge in [-0.1, -0.05) is 0 Å². The van der Waals surface area contributed by atoms with Crippen molar-refractivity contribution < 1.29 is 23.9 Å². The van der Waals surface area contributed by atoms with Crippen LogP contribution >= 0.6 is 0 Å². The van der Waals surface area contributed by atoms with Crippen molar-refractivity contribution in [2.75, 3.05) is 18.5 Å². The molecule has 1 aliphatic heterocycles. The molecule has 1 aliphatic rings. The molecule has 3 N–H and O–H groups in total. The van der Waals surface area contributed by atoms with Gasteiger partial charge in [0.25, 0.3) is 0 Å². The van der Waals surface area contributed by atoms with Gasteiger partial charge < -0.3 is 20.1 Å². The van der Waals surface area contributed by atoms with Crippen LogP contribution in [0.25, 0.3) is 0 Å². The Balaban J connectivity index is 1.85. The predicted octanol–water partition coefficient (Wildman–Crippen LogP) is 0.803. The Hall–Kier alpha value is -3.10. The minimum atomic E-state index is -0.884. The number of fused-ring (bicyclic) bond motifs is 1. The zero-order valence-corrected chi connectivity index (χ0v) is 14.9. The van der Waals surface area contributed by atoms with Crippen molar-refractivity contribution >= 4 is 29.1 Å². The van der Waals surface area contributed by atoms with Gasteiger partial charge in [-0.3, -0.25) is 14.4 Å². The van der Waals surface area contributed by atoms with Gasteiger partial charge in [0.1, 0.15) is 13.2 Å². The van der Waals surface area contributed by atoms with Crippen LogP contribution in [-0.2, 0) is 14.4 Å². The van der Waals surface area contributed by atoms with Gasteiger partial charge in [0.15, 0.2) is 11.5 Å². The lowest BCUT2D eigenvalue weighted by Crippen LogP contribution is -2.41. The van der Waals surface area contributed by atoms with Crippen molar-refractivity contribution in [3.63, 3.8) is 0 Å². The first-order chi connectivity index (χ1) is 12.3. The second-order valence-corrected chi connectivity index (χ2v) is 6.00. The minimum Gasteiger partial charge on any atom is -0.486 e. The third-order valence-corrected chi connectivity index (χ3v) is 3.22. The maximum atomic E-state index is 12.1. The fourth-order valence-corrected chi connectivity index (χ4v) is 2.12. The van der Waals surface area contributed by atoms with Gasteiger partial charge >= 0.3 is 11.8 Å². The van der Waals surface area contributed by atoms with Crippen LogP contribution in [0.2, 0.25) is 0 Å². The molecule has 0 saturated heterocycles. The molecule has 140 valence electrons. The third kappa shape index (κ3) is 5.76. The summed E-state index contributed by atoms with van der Waals surface area (Å²) in [6.07, 6.45) is -0.0411. The van der Waals surface area contributed by atoms with E-state index in [1.54, 1.807) is 39.0 Å². The molecule has 0 fully saturated rings. The van der Waals surface area contributed by atoms with E-state index in [1.165, 1.54) is 0 Å². The number of amides is 3. The van der Waals surface area contributed by atoms with Gasteiger partial charge in [-0.05, 0) is 32.9 Å². The lowest BCUT2D eigenvalue weighted by molar-refractivity contribution is -0.139. The van der Waals surface area contributed by atoms with E-state index in [2.05, 4.69) is 21.2 Å². The summed E-state index contributed by atoms with van der Waals surface area (Å²) in [5.41, 5.74) is 3.03. The number of ether oxygens (including phenoxy) is 2. The summed E-state index contributed by atoms with van der Waals surface area (Å²) in [5, 5.41) is 8.91. The van der Waals surface area contributed by atoms with E-state index in [0.29, 0.717) is 36.1 Å². The summed E-state index contributed by atoms with van der Waals surface area (Å²) in [6.45, 7) is 6.00. The molecule has 0 unspecified atom stereocenters. The van der Waals surface area contributed by atoms with Gasteiger partial charge in [-0.15, -0.1) is 0 Å². The molecule has 9 heteroatoms. The Morgan fingerprint density at radius 1 is 1.12 bits per heavy atom. The Bertz CT molecular complexity index is 730. The van der Waals surface area contributed by atoms with Crippen LogP contribution in [0, 0.1) is 0 Å². The van der Waals surface area contributed by atoms with E-state index in [-0.39, 0.29) is 18.4 Å². The van der Waals surface area contributed by atoms with Gasteiger partial charge in [0.2, 0.25) is 5.91 Å². The van der Waals surface area contributed by atoms with Crippen LogP contribution in [0.1, 0.15) is 27.2 Å². The number of anilines is 1. The molecule has 26 heavy (non-hydrogen) atoms. The molecule has 2 rings (SSSR count). The molecule has 3 amide bonds. The molecule has 0 radical (unpaired) electrons. The fourth-order valence-electron chi connectivity index (χ4n) is 2.12. The number of benzene rings is 1. The maximum absolute atomic E-state index is 12.1. The second kappa shape index (κ2) is 8.84. The highest BCUT2D eigenvalue weighted by Gasteiger charge is 2.15. The molecular weight excluding hydrogens is 340 g/mol. The Morgan fingerprint density at radius 3 is 2.50 bits per heavy atom. The standard InChI is InChI=1S/C17H22N4O5/c1-10(2)18-16(23)17(24)21-20-11(3)8-15(22)19-12-4-5-13-14(9-12)26-7-6-25-13/h4-5,9-10H,6-8H2,1-3H3,(H,18,23)(H,19,22)(H,21,24). The van der Waals surface area contributed by atoms with Crippen molar-refractivity contribution in [1.29, 1.82) is 0 Å². The lowest BCUT2D eigenvalue weighted by Gasteiger charge is -2.19. The van der Waals surface area contributed by atoms with Crippen LogP contribution in [0.3, 0.4) is 0 Å². The van der Waals surface area contributed by atoms with Gasteiger partial charge in [0.05, 0.1) is 6.42 Å². The van der Waals surface area contributed by atoms with E-state index in [9.17, 15) is 14.4 Å². The van der Waals surface area contributed by atoms with E-state index < -0.39 is 11.8 Å². The number of rotatable bonds is 5. The average molecular weight is 362 g/mol. The van der Waals surface area contributed by atoms with Crippen molar-refractivity contribution in [3.05, 3.63) is 18.2 Å². The van der Waals surface area contributed by atoms with E-state index in [4.69, 9.17) is 9.47 Å². The van der Waals surface area contributed by atoms with Crippen LogP contribution in [0.4, 0.5) is 5.69 Å². The number of hydrogen-bond donors (Lipinski definition) is 3. The number of nitrogens with one attached hydrogen (secondary N) is 3. The SMILES string of the molecule is CC(CC(=O)Nc1ccc2c(c1)OCCO2)=NNC(=O)C(=O)NC(C)C. The summed E-state index contributed by atoms with van der Waals surface area (Å²) in [7, 11) is 0. The predicted molar refractivity (Wildman–Crippen MR) is 95.2 cm³/mol. The molecule has 0 saturated carbocycles. The minimum absolute atomic E-state index is 0.0411. The number of carbonyl (C=O) groups is 3. The first kappa shape index (κ1) is 19.2. The summed E-state index contributed by atoms with van der Waals surface area (Å²) in [6, 6.07) is 4.95. The van der Waals surface area contributed by atoms with E-state index in [0.717, 1.165) is 0 Å². The molecule has 1 heterocycles. The summed E-state index contributed by atoms with van der Waals surface area (Å²) >= 11 is 0. The number of hydrazone groups is 1.